The minimum absolute atomic E-state index is 0.00938. The Balaban J connectivity index is 1.65. The zero-order valence-electron chi connectivity index (χ0n) is 17.4. The highest BCUT2D eigenvalue weighted by Crippen LogP contribution is 2.35. The van der Waals surface area contributed by atoms with Crippen LogP contribution in [0.2, 0.25) is 0 Å². The third-order valence-corrected chi connectivity index (χ3v) is 6.96. The van der Waals surface area contributed by atoms with E-state index < -0.39 is 0 Å². The number of terminal acetylenes is 1. The minimum atomic E-state index is -0.338. The number of morpholine rings is 1. The Hall–Kier alpha value is -2.47. The molecule has 0 N–H and O–H groups in total. The Morgan fingerprint density at radius 1 is 1.23 bits per heavy atom. The Morgan fingerprint density at radius 3 is 2.65 bits per heavy atom. The number of imide groups is 1. The Morgan fingerprint density at radius 2 is 1.97 bits per heavy atom. The van der Waals surface area contributed by atoms with Crippen LogP contribution in [0.5, 0.6) is 0 Å². The molecule has 2 aromatic rings. The molecular weight excluding hydrogens is 478 g/mol. The van der Waals surface area contributed by atoms with Crippen LogP contribution >= 0.6 is 27.7 Å². The van der Waals surface area contributed by atoms with Gasteiger partial charge in [0.15, 0.2) is 0 Å². The van der Waals surface area contributed by atoms with E-state index in [1.54, 1.807) is 6.08 Å². The molecule has 2 aliphatic heterocycles. The van der Waals surface area contributed by atoms with E-state index in [1.165, 1.54) is 0 Å². The van der Waals surface area contributed by atoms with Crippen LogP contribution in [0.25, 0.3) is 11.8 Å². The van der Waals surface area contributed by atoms with Gasteiger partial charge >= 0.3 is 0 Å². The highest BCUT2D eigenvalue weighted by atomic mass is 79.9. The fourth-order valence-corrected chi connectivity index (χ4v) is 5.34. The summed E-state index contributed by atoms with van der Waals surface area (Å²) >= 11 is 4.65. The number of ether oxygens (including phenoxy) is 1. The third-order valence-electron chi connectivity index (χ3n) is 5.42. The number of carbonyl (C=O) groups is 2. The van der Waals surface area contributed by atoms with E-state index in [0.717, 1.165) is 75.8 Å². The molecule has 0 radical (unpaired) electrons. The van der Waals surface area contributed by atoms with Crippen molar-refractivity contribution in [3.63, 3.8) is 0 Å². The second kappa shape index (κ2) is 8.95. The van der Waals surface area contributed by atoms with Crippen molar-refractivity contribution in [1.82, 2.24) is 9.47 Å². The van der Waals surface area contributed by atoms with Gasteiger partial charge in [0.1, 0.15) is 0 Å². The summed E-state index contributed by atoms with van der Waals surface area (Å²) in [5.41, 5.74) is 5.11. The third kappa shape index (κ3) is 4.18. The SMILES string of the molecule is C#CCN1C(=O)S/C(=C\c2cc(C)n(-c3ccc(N4CCOCC4)c(Br)c3)c2C)C1=O. The first kappa shape index (κ1) is 21.8. The molecule has 2 amide bonds. The van der Waals surface area contributed by atoms with E-state index in [4.69, 9.17) is 11.2 Å². The largest absolute Gasteiger partial charge is 0.378 e. The van der Waals surface area contributed by atoms with Crippen molar-refractivity contribution in [3.8, 4) is 18.0 Å². The number of hydrogen-bond acceptors (Lipinski definition) is 5. The van der Waals surface area contributed by atoms with Crippen LogP contribution in [0.15, 0.2) is 33.6 Å². The van der Waals surface area contributed by atoms with Gasteiger partial charge in [-0.05, 0) is 77.4 Å². The monoisotopic (exact) mass is 499 g/mol. The first-order valence-corrected chi connectivity index (χ1v) is 11.5. The molecule has 31 heavy (non-hydrogen) atoms. The van der Waals surface area contributed by atoms with Crippen molar-refractivity contribution in [3.05, 3.63) is 50.6 Å². The second-order valence-electron chi connectivity index (χ2n) is 7.37. The smallest absolute Gasteiger partial charge is 0.294 e. The number of anilines is 1. The van der Waals surface area contributed by atoms with E-state index in [9.17, 15) is 9.59 Å². The number of carbonyl (C=O) groups excluding carboxylic acids is 2. The van der Waals surface area contributed by atoms with Gasteiger partial charge in [-0.25, -0.2) is 0 Å². The number of amides is 2. The molecule has 0 aliphatic carbocycles. The molecule has 1 aromatic heterocycles. The highest BCUT2D eigenvalue weighted by molar-refractivity contribution is 9.10. The fraction of sp³-hybridized carbons (Fsp3) is 0.304. The van der Waals surface area contributed by atoms with Gasteiger partial charge in [-0.1, -0.05) is 5.92 Å². The van der Waals surface area contributed by atoms with Gasteiger partial charge in [-0.15, -0.1) is 6.42 Å². The summed E-state index contributed by atoms with van der Waals surface area (Å²) in [6, 6.07) is 8.35. The molecule has 3 heterocycles. The number of nitrogens with zero attached hydrogens (tertiary/aromatic N) is 3. The Bertz CT molecular complexity index is 1130. The summed E-state index contributed by atoms with van der Waals surface area (Å²) < 4.78 is 8.62. The molecular formula is C23H22BrN3O3S. The van der Waals surface area contributed by atoms with Crippen LogP contribution in [0.4, 0.5) is 10.5 Å². The number of halogens is 1. The summed E-state index contributed by atoms with van der Waals surface area (Å²) in [7, 11) is 0. The molecule has 8 heteroatoms. The first-order valence-electron chi connectivity index (χ1n) is 9.91. The molecule has 0 spiro atoms. The lowest BCUT2D eigenvalue weighted by Gasteiger charge is -2.30. The lowest BCUT2D eigenvalue weighted by molar-refractivity contribution is -0.122. The molecule has 2 fully saturated rings. The van der Waals surface area contributed by atoms with E-state index in [0.29, 0.717) is 4.91 Å². The van der Waals surface area contributed by atoms with Gasteiger partial charge in [-0.3, -0.25) is 14.5 Å². The van der Waals surface area contributed by atoms with Crippen LogP contribution in [0.1, 0.15) is 17.0 Å². The van der Waals surface area contributed by atoms with Crippen LogP contribution in [-0.4, -0.2) is 53.5 Å². The molecule has 0 saturated carbocycles. The minimum Gasteiger partial charge on any atom is -0.378 e. The van der Waals surface area contributed by atoms with Crippen LogP contribution in [0, 0.1) is 26.2 Å². The molecule has 6 nitrogen and oxygen atoms in total. The van der Waals surface area contributed by atoms with Gasteiger partial charge in [0, 0.05) is 34.6 Å². The van der Waals surface area contributed by atoms with Gasteiger partial charge in [0.25, 0.3) is 11.1 Å². The first-order chi connectivity index (χ1) is 14.9. The summed E-state index contributed by atoms with van der Waals surface area (Å²) in [5, 5.41) is -0.328. The van der Waals surface area contributed by atoms with E-state index in [2.05, 4.69) is 49.5 Å². The van der Waals surface area contributed by atoms with E-state index >= 15 is 0 Å². The Kier molecular flexibility index (Phi) is 6.28. The number of rotatable bonds is 4. The molecule has 0 bridgehead atoms. The molecule has 160 valence electrons. The predicted molar refractivity (Wildman–Crippen MR) is 127 cm³/mol. The zero-order valence-corrected chi connectivity index (χ0v) is 19.8. The highest BCUT2D eigenvalue weighted by Gasteiger charge is 2.34. The maximum atomic E-state index is 12.5. The normalized spacial score (nSPS) is 18.2. The van der Waals surface area contributed by atoms with E-state index in [-0.39, 0.29) is 17.7 Å². The summed E-state index contributed by atoms with van der Waals surface area (Å²) in [6.07, 6.45) is 7.05. The standard InChI is InChI=1S/C23H22BrN3O3S/c1-4-7-26-22(28)21(31-23(26)29)13-17-12-15(2)27(16(17)3)18-5-6-20(19(24)14-18)25-8-10-30-11-9-25/h1,5-6,12-14H,7-11H2,2-3H3/b21-13-. The van der Waals surface area contributed by atoms with Crippen molar-refractivity contribution in [2.24, 2.45) is 0 Å². The molecule has 0 atom stereocenters. The lowest BCUT2D eigenvalue weighted by atomic mass is 10.2. The Labute approximate surface area is 194 Å². The number of aryl methyl sites for hydroxylation is 1. The number of aromatic nitrogens is 1. The summed E-state index contributed by atoms with van der Waals surface area (Å²) in [6.45, 7) is 7.24. The number of benzene rings is 1. The molecule has 0 unspecified atom stereocenters. The van der Waals surface area contributed by atoms with Crippen molar-refractivity contribution < 1.29 is 14.3 Å². The predicted octanol–water partition coefficient (Wildman–Crippen LogP) is 4.36. The average molecular weight is 500 g/mol. The van der Waals surface area contributed by atoms with Gasteiger partial charge in [-0.2, -0.15) is 0 Å². The zero-order chi connectivity index (χ0) is 22.1. The number of thioether (sulfide) groups is 1. The summed E-state index contributed by atoms with van der Waals surface area (Å²) in [4.78, 5) is 28.4. The number of hydrogen-bond donors (Lipinski definition) is 0. The van der Waals surface area contributed by atoms with Crippen LogP contribution in [0.3, 0.4) is 0 Å². The van der Waals surface area contributed by atoms with Gasteiger partial charge in [0.2, 0.25) is 0 Å². The van der Waals surface area contributed by atoms with E-state index in [1.807, 2.05) is 19.9 Å². The molecule has 4 rings (SSSR count). The van der Waals surface area contributed by atoms with Crippen molar-refractivity contribution in [1.29, 1.82) is 0 Å². The van der Waals surface area contributed by atoms with Crippen molar-refractivity contribution in [2.75, 3.05) is 37.7 Å². The van der Waals surface area contributed by atoms with Gasteiger partial charge in [0.05, 0.1) is 30.4 Å². The van der Waals surface area contributed by atoms with Crippen molar-refractivity contribution >= 4 is 50.6 Å². The fourth-order valence-electron chi connectivity index (χ4n) is 3.90. The summed E-state index contributed by atoms with van der Waals surface area (Å²) in [5.74, 6) is 2.02. The maximum absolute atomic E-state index is 12.5. The molecule has 2 aliphatic rings. The molecule has 2 saturated heterocycles. The van der Waals surface area contributed by atoms with Crippen LogP contribution in [-0.2, 0) is 9.53 Å². The maximum Gasteiger partial charge on any atom is 0.294 e. The topological polar surface area (TPSA) is 54.8 Å². The average Bonchev–Trinajstić information content (AvgIpc) is 3.18. The van der Waals surface area contributed by atoms with Gasteiger partial charge < -0.3 is 14.2 Å². The van der Waals surface area contributed by atoms with Crippen LogP contribution < -0.4 is 4.90 Å². The molecule has 1 aromatic carbocycles. The quantitative estimate of drug-likeness (QED) is 0.461. The van der Waals surface area contributed by atoms with Crippen molar-refractivity contribution in [2.45, 2.75) is 13.8 Å². The lowest BCUT2D eigenvalue weighted by Crippen LogP contribution is -2.36. The second-order valence-corrected chi connectivity index (χ2v) is 9.22.